The first kappa shape index (κ1) is 31.6. The van der Waals surface area contributed by atoms with E-state index in [0.29, 0.717) is 13.0 Å². The number of hydrogen-bond donors (Lipinski definition) is 2. The second-order valence-electron chi connectivity index (χ2n) is 13.2. The molecule has 41 heavy (non-hydrogen) atoms. The molecule has 3 saturated carbocycles. The summed E-state index contributed by atoms with van der Waals surface area (Å²) >= 11 is 0. The van der Waals surface area contributed by atoms with Crippen LogP contribution < -0.4 is 0 Å². The molecule has 7 atom stereocenters. The fourth-order valence-corrected chi connectivity index (χ4v) is 8.47. The Morgan fingerprint density at radius 2 is 1.68 bits per heavy atom. The van der Waals surface area contributed by atoms with Gasteiger partial charge in [-0.3, -0.25) is 19.2 Å². The number of fused-ring (bicyclic) bond motifs is 5. The third-order valence-electron chi connectivity index (χ3n) is 10.8. The molecular weight excluding hydrogens is 524 g/mol. The van der Waals surface area contributed by atoms with Crippen molar-refractivity contribution >= 4 is 23.5 Å². The maximum absolute atomic E-state index is 13.4. The van der Waals surface area contributed by atoms with Gasteiger partial charge in [-0.1, -0.05) is 64.5 Å². The summed E-state index contributed by atoms with van der Waals surface area (Å²) in [4.78, 5) is 49.7. The average molecular weight is 573 g/mol. The fourth-order valence-electron chi connectivity index (χ4n) is 8.47. The first-order chi connectivity index (χ1) is 19.5. The lowest BCUT2D eigenvalue weighted by atomic mass is 9.46. The van der Waals surface area contributed by atoms with E-state index in [2.05, 4.69) is 13.8 Å². The number of ether oxygens (including phenoxy) is 2. The van der Waals surface area contributed by atoms with Crippen molar-refractivity contribution in [1.82, 2.24) is 0 Å². The van der Waals surface area contributed by atoms with Gasteiger partial charge in [-0.25, -0.2) is 0 Å². The SMILES string of the molecule is CCCCCCCCOC(=O)CCC(=O)OCC(=O)[C@@]1(O)CCC2C3CCC4=CC(=O)C=C[C@]4(C)C3[C@@H](O)C[C@@]21C. The zero-order valence-electron chi connectivity index (χ0n) is 25.0. The molecule has 4 rings (SSSR count). The lowest BCUT2D eigenvalue weighted by molar-refractivity contribution is -0.181. The molecule has 0 spiro atoms. The van der Waals surface area contributed by atoms with Gasteiger partial charge in [0.15, 0.2) is 12.4 Å². The summed E-state index contributed by atoms with van der Waals surface area (Å²) in [6.45, 7) is 5.90. The van der Waals surface area contributed by atoms with Gasteiger partial charge in [0.05, 0.1) is 25.6 Å². The van der Waals surface area contributed by atoms with E-state index in [-0.39, 0.29) is 49.2 Å². The minimum Gasteiger partial charge on any atom is -0.466 e. The van der Waals surface area contributed by atoms with E-state index in [1.54, 1.807) is 12.2 Å². The molecule has 0 bridgehead atoms. The first-order valence-electron chi connectivity index (χ1n) is 15.7. The van der Waals surface area contributed by atoms with Crippen molar-refractivity contribution in [1.29, 1.82) is 0 Å². The zero-order valence-corrected chi connectivity index (χ0v) is 25.0. The third-order valence-corrected chi connectivity index (χ3v) is 10.8. The fraction of sp³-hybridized carbons (Fsp3) is 0.758. The van der Waals surface area contributed by atoms with Crippen molar-refractivity contribution in [2.45, 2.75) is 116 Å². The van der Waals surface area contributed by atoms with E-state index in [1.807, 2.05) is 13.0 Å². The van der Waals surface area contributed by atoms with Crippen molar-refractivity contribution < 1.29 is 38.9 Å². The van der Waals surface area contributed by atoms with E-state index in [1.165, 1.54) is 19.3 Å². The van der Waals surface area contributed by atoms with Crippen LogP contribution in [-0.4, -0.2) is 58.6 Å². The van der Waals surface area contributed by atoms with Crippen molar-refractivity contribution in [2.75, 3.05) is 13.2 Å². The summed E-state index contributed by atoms with van der Waals surface area (Å²) in [5.41, 5.74) is -1.94. The first-order valence-corrected chi connectivity index (χ1v) is 15.7. The van der Waals surface area contributed by atoms with E-state index in [4.69, 9.17) is 9.47 Å². The Hall–Kier alpha value is -2.32. The lowest BCUT2D eigenvalue weighted by Crippen LogP contribution is -2.61. The number of carbonyl (C=O) groups is 4. The van der Waals surface area contributed by atoms with Gasteiger partial charge in [0.2, 0.25) is 5.78 Å². The number of unbranched alkanes of at least 4 members (excludes halogenated alkanes) is 5. The highest BCUT2D eigenvalue weighted by molar-refractivity contribution is 6.01. The number of ketones is 2. The third kappa shape index (κ3) is 6.24. The summed E-state index contributed by atoms with van der Waals surface area (Å²) in [6.07, 6.45) is 13.4. The van der Waals surface area contributed by atoms with Gasteiger partial charge in [0.25, 0.3) is 0 Å². The van der Waals surface area contributed by atoms with Gasteiger partial charge in [-0.05, 0) is 62.5 Å². The molecular formula is C33H48O8. The Morgan fingerprint density at radius 1 is 1.00 bits per heavy atom. The quantitative estimate of drug-likeness (QED) is 0.238. The van der Waals surface area contributed by atoms with Crippen LogP contribution in [0.15, 0.2) is 23.8 Å². The highest BCUT2D eigenvalue weighted by Crippen LogP contribution is 2.67. The molecule has 3 fully saturated rings. The molecule has 4 aliphatic rings. The average Bonchev–Trinajstić information content (AvgIpc) is 3.20. The maximum Gasteiger partial charge on any atom is 0.306 e. The molecule has 0 radical (unpaired) electrons. The number of rotatable bonds is 13. The van der Waals surface area contributed by atoms with Crippen LogP contribution in [0, 0.1) is 28.6 Å². The summed E-state index contributed by atoms with van der Waals surface area (Å²) < 4.78 is 10.4. The second kappa shape index (κ2) is 12.9. The van der Waals surface area contributed by atoms with Crippen molar-refractivity contribution in [3.8, 4) is 0 Å². The van der Waals surface area contributed by atoms with Gasteiger partial charge in [-0.2, -0.15) is 0 Å². The Bertz CT molecular complexity index is 1080. The summed E-state index contributed by atoms with van der Waals surface area (Å²) in [7, 11) is 0. The van der Waals surface area contributed by atoms with Crippen LogP contribution in [0.3, 0.4) is 0 Å². The molecule has 0 aromatic rings. The molecule has 8 heteroatoms. The molecule has 0 heterocycles. The normalized spacial score (nSPS) is 35.6. The van der Waals surface area contributed by atoms with Crippen molar-refractivity contribution in [3.05, 3.63) is 23.8 Å². The number of carbonyl (C=O) groups excluding carboxylic acids is 4. The van der Waals surface area contributed by atoms with E-state index in [9.17, 15) is 29.4 Å². The van der Waals surface area contributed by atoms with Crippen LogP contribution in [0.1, 0.15) is 104 Å². The summed E-state index contributed by atoms with van der Waals surface area (Å²) in [5.74, 6) is -1.71. The molecule has 0 aliphatic heterocycles. The van der Waals surface area contributed by atoms with E-state index >= 15 is 0 Å². The number of aliphatic hydroxyl groups excluding tert-OH is 1. The Labute approximate surface area is 243 Å². The summed E-state index contributed by atoms with van der Waals surface area (Å²) in [6, 6.07) is 0. The maximum atomic E-state index is 13.4. The highest BCUT2D eigenvalue weighted by Gasteiger charge is 2.68. The Kier molecular flexibility index (Phi) is 9.95. The predicted octanol–water partition coefficient (Wildman–Crippen LogP) is 4.79. The molecule has 8 nitrogen and oxygen atoms in total. The van der Waals surface area contributed by atoms with Gasteiger partial charge in [0, 0.05) is 16.7 Å². The number of allylic oxidation sites excluding steroid dienone is 4. The largest absolute Gasteiger partial charge is 0.466 e. The predicted molar refractivity (Wildman–Crippen MR) is 152 cm³/mol. The lowest BCUT2D eigenvalue weighted by Gasteiger charge is -2.59. The van der Waals surface area contributed by atoms with Crippen LogP contribution in [0.2, 0.25) is 0 Å². The summed E-state index contributed by atoms with van der Waals surface area (Å²) in [5, 5.41) is 23.2. The monoisotopic (exact) mass is 572 g/mol. The van der Waals surface area contributed by atoms with Crippen LogP contribution in [0.25, 0.3) is 0 Å². The van der Waals surface area contributed by atoms with Crippen LogP contribution in [0.4, 0.5) is 0 Å². The molecule has 2 N–H and O–H groups in total. The molecule has 3 unspecified atom stereocenters. The van der Waals surface area contributed by atoms with Crippen LogP contribution in [0.5, 0.6) is 0 Å². The van der Waals surface area contributed by atoms with Gasteiger partial charge in [0.1, 0.15) is 5.60 Å². The van der Waals surface area contributed by atoms with E-state index in [0.717, 1.165) is 37.7 Å². The highest BCUT2D eigenvalue weighted by atomic mass is 16.5. The van der Waals surface area contributed by atoms with Crippen LogP contribution >= 0.6 is 0 Å². The molecule has 0 saturated heterocycles. The number of aliphatic hydroxyl groups is 2. The van der Waals surface area contributed by atoms with Crippen molar-refractivity contribution in [3.63, 3.8) is 0 Å². The zero-order chi connectivity index (χ0) is 29.8. The Morgan fingerprint density at radius 3 is 2.41 bits per heavy atom. The number of esters is 2. The number of Topliss-reactive ketones (excluding diaryl/α,β-unsaturated/α-hetero) is 1. The van der Waals surface area contributed by atoms with Gasteiger partial charge in [-0.15, -0.1) is 0 Å². The number of hydrogen-bond acceptors (Lipinski definition) is 8. The smallest absolute Gasteiger partial charge is 0.306 e. The topological polar surface area (TPSA) is 127 Å². The standard InChI is InChI=1S/C33H48O8/c1-4-5-6-7-8-9-18-40-28(37)12-13-29(38)41-21-27(36)33(39)17-15-25-24-11-10-22-19-23(34)14-16-31(22,2)30(24)26(35)20-32(25,33)3/h14,16,19,24-26,30,35,39H,4-13,15,17-18,20-21H2,1-3H3/t24?,25?,26-,30?,31-,32-,33-/m0/s1. The molecule has 4 aliphatic carbocycles. The van der Waals surface area contributed by atoms with Gasteiger partial charge < -0.3 is 19.7 Å². The molecule has 0 amide bonds. The van der Waals surface area contributed by atoms with Gasteiger partial charge >= 0.3 is 11.9 Å². The van der Waals surface area contributed by atoms with Crippen LogP contribution in [-0.2, 0) is 28.7 Å². The molecule has 0 aromatic heterocycles. The molecule has 0 aromatic carbocycles. The molecule has 228 valence electrons. The minimum absolute atomic E-state index is 0.0198. The van der Waals surface area contributed by atoms with Crippen molar-refractivity contribution in [2.24, 2.45) is 28.6 Å². The van der Waals surface area contributed by atoms with E-state index < -0.39 is 46.9 Å². The Balaban J connectivity index is 1.28. The second-order valence-corrected chi connectivity index (χ2v) is 13.2. The minimum atomic E-state index is -1.71.